The Morgan fingerprint density at radius 3 is 2.67 bits per heavy atom. The molecule has 0 bridgehead atoms. The van der Waals surface area contributed by atoms with Gasteiger partial charge in [0.2, 0.25) is 0 Å². The number of nitrogens with one attached hydrogen (secondary N) is 1. The molecule has 1 N–H and O–H groups in total. The van der Waals surface area contributed by atoms with Crippen molar-refractivity contribution in [2.24, 2.45) is 0 Å². The Hall–Kier alpha value is -0.0200. The van der Waals surface area contributed by atoms with Gasteiger partial charge in [0.25, 0.3) is 0 Å². The Morgan fingerprint density at radius 2 is 2.07 bits per heavy atom. The van der Waals surface area contributed by atoms with Crippen molar-refractivity contribution in [1.82, 2.24) is 5.32 Å². The minimum atomic E-state index is -0.279. The fourth-order valence-corrected chi connectivity index (χ4v) is 2.24. The van der Waals surface area contributed by atoms with Crippen LogP contribution < -0.4 is 5.32 Å². The Labute approximate surface area is 104 Å². The fourth-order valence-electron chi connectivity index (χ4n) is 1.79. The van der Waals surface area contributed by atoms with E-state index in [1.807, 2.05) is 0 Å². The van der Waals surface area contributed by atoms with Crippen molar-refractivity contribution in [3.05, 3.63) is 33.6 Å². The molecule has 0 unspecified atom stereocenters. The molecule has 1 nitrogen and oxygen atoms in total. The third-order valence-corrected chi connectivity index (χ3v) is 3.31. The highest BCUT2D eigenvalue weighted by Gasteiger charge is 2.23. The maximum absolute atomic E-state index is 13.5. The summed E-state index contributed by atoms with van der Waals surface area (Å²) < 4.78 is 13.5. The Balaban J connectivity index is 0.00000112. The molecule has 1 aliphatic heterocycles. The molecule has 1 aromatic carbocycles. The topological polar surface area (TPSA) is 12.0 Å². The predicted molar refractivity (Wildman–Crippen MR) is 63.6 cm³/mol. The summed E-state index contributed by atoms with van der Waals surface area (Å²) in [7, 11) is 0. The van der Waals surface area contributed by atoms with Crippen LogP contribution in [-0.4, -0.2) is 6.54 Å². The summed E-state index contributed by atoms with van der Waals surface area (Å²) in [6.07, 6.45) is 1.96. The molecule has 1 aliphatic rings. The first kappa shape index (κ1) is 13.0. The fraction of sp³-hybridized carbons (Fsp3) is 0.400. The highest BCUT2D eigenvalue weighted by molar-refractivity contribution is 6.42. The number of hydrogen-bond acceptors (Lipinski definition) is 1. The van der Waals surface area contributed by atoms with Gasteiger partial charge in [-0.3, -0.25) is 0 Å². The number of halogens is 4. The molecule has 0 aliphatic carbocycles. The summed E-state index contributed by atoms with van der Waals surface area (Å²) in [4.78, 5) is 0. The number of benzene rings is 1. The van der Waals surface area contributed by atoms with E-state index in [9.17, 15) is 4.39 Å². The van der Waals surface area contributed by atoms with E-state index in [-0.39, 0.29) is 24.3 Å². The van der Waals surface area contributed by atoms with Crippen molar-refractivity contribution in [2.45, 2.75) is 18.9 Å². The maximum atomic E-state index is 13.5. The molecule has 1 aromatic rings. The van der Waals surface area contributed by atoms with Crippen molar-refractivity contribution in [3.63, 3.8) is 0 Å². The van der Waals surface area contributed by atoms with E-state index in [0.29, 0.717) is 15.6 Å². The smallest absolute Gasteiger partial charge is 0.129 e. The summed E-state index contributed by atoms with van der Waals surface area (Å²) in [6, 6.07) is 2.86. The summed E-state index contributed by atoms with van der Waals surface area (Å²) in [5.41, 5.74) is 0.511. The monoisotopic (exact) mass is 269 g/mol. The molecule has 2 rings (SSSR count). The minimum Gasteiger partial charge on any atom is -0.310 e. The summed E-state index contributed by atoms with van der Waals surface area (Å²) >= 11 is 11.8. The first-order valence-electron chi connectivity index (χ1n) is 4.57. The van der Waals surface area contributed by atoms with Crippen molar-refractivity contribution < 1.29 is 4.39 Å². The third kappa shape index (κ3) is 2.56. The van der Waals surface area contributed by atoms with Crippen LogP contribution in [0.5, 0.6) is 0 Å². The summed E-state index contributed by atoms with van der Waals surface area (Å²) in [5.74, 6) is -0.279. The van der Waals surface area contributed by atoms with E-state index in [1.54, 1.807) is 0 Å². The molecule has 0 saturated carbocycles. The Bertz CT molecular complexity index is 351. The minimum absolute atomic E-state index is 0. The first-order chi connectivity index (χ1) is 6.70. The molecule has 1 fully saturated rings. The van der Waals surface area contributed by atoms with Crippen LogP contribution in [0.3, 0.4) is 0 Å². The molecule has 15 heavy (non-hydrogen) atoms. The highest BCUT2D eigenvalue weighted by Crippen LogP contribution is 2.35. The lowest BCUT2D eigenvalue weighted by Crippen LogP contribution is -2.14. The van der Waals surface area contributed by atoms with Gasteiger partial charge in [-0.15, -0.1) is 12.4 Å². The third-order valence-electron chi connectivity index (χ3n) is 2.49. The number of rotatable bonds is 1. The van der Waals surface area contributed by atoms with Crippen LogP contribution >= 0.6 is 35.6 Å². The molecule has 1 heterocycles. The molecule has 0 radical (unpaired) electrons. The van der Waals surface area contributed by atoms with Crippen LogP contribution in [0.15, 0.2) is 12.1 Å². The van der Waals surface area contributed by atoms with Crippen LogP contribution in [0.4, 0.5) is 4.39 Å². The van der Waals surface area contributed by atoms with Crippen LogP contribution in [0, 0.1) is 5.82 Å². The molecule has 1 saturated heterocycles. The van der Waals surface area contributed by atoms with Gasteiger partial charge < -0.3 is 5.32 Å². The van der Waals surface area contributed by atoms with E-state index in [0.717, 1.165) is 19.4 Å². The van der Waals surface area contributed by atoms with E-state index < -0.39 is 0 Å². The molecule has 0 spiro atoms. The van der Waals surface area contributed by atoms with Gasteiger partial charge in [-0.2, -0.15) is 0 Å². The molecular weight excluding hydrogens is 259 g/mol. The average Bonchev–Trinajstić information content (AvgIpc) is 2.65. The lowest BCUT2D eigenvalue weighted by Gasteiger charge is -2.14. The zero-order valence-corrected chi connectivity index (χ0v) is 10.2. The molecule has 84 valence electrons. The van der Waals surface area contributed by atoms with Crippen molar-refractivity contribution in [2.75, 3.05) is 6.54 Å². The van der Waals surface area contributed by atoms with Gasteiger partial charge in [-0.05, 0) is 31.5 Å². The molecule has 0 aromatic heterocycles. The highest BCUT2D eigenvalue weighted by atomic mass is 35.5. The standard InChI is InChI=1S/C10H10Cl2FN.ClH/c11-6-3-4-7(13)9(10(6)12)8-2-1-5-14-8;/h3-4,8,14H,1-2,5H2;1H/t8-;/m1./s1. The van der Waals surface area contributed by atoms with Gasteiger partial charge in [0.1, 0.15) is 5.82 Å². The second kappa shape index (κ2) is 5.35. The second-order valence-corrected chi connectivity index (χ2v) is 4.19. The maximum Gasteiger partial charge on any atom is 0.129 e. The summed E-state index contributed by atoms with van der Waals surface area (Å²) in [6.45, 7) is 0.910. The SMILES string of the molecule is Cl.Fc1ccc(Cl)c(Cl)c1[C@H]1CCCN1. The van der Waals surface area contributed by atoms with Crippen LogP contribution in [-0.2, 0) is 0 Å². The van der Waals surface area contributed by atoms with Crippen molar-refractivity contribution >= 4 is 35.6 Å². The van der Waals surface area contributed by atoms with Crippen molar-refractivity contribution in [1.29, 1.82) is 0 Å². The van der Waals surface area contributed by atoms with Gasteiger partial charge in [-0.25, -0.2) is 4.39 Å². The predicted octanol–water partition coefficient (Wildman–Crippen LogP) is 3.98. The van der Waals surface area contributed by atoms with Crippen LogP contribution in [0.25, 0.3) is 0 Å². The average molecular weight is 271 g/mol. The van der Waals surface area contributed by atoms with Gasteiger partial charge >= 0.3 is 0 Å². The van der Waals surface area contributed by atoms with E-state index in [4.69, 9.17) is 23.2 Å². The second-order valence-electron chi connectivity index (χ2n) is 3.41. The van der Waals surface area contributed by atoms with Gasteiger partial charge in [0.05, 0.1) is 10.0 Å². The molecule has 5 heteroatoms. The van der Waals surface area contributed by atoms with Gasteiger partial charge in [0.15, 0.2) is 0 Å². The van der Waals surface area contributed by atoms with Crippen LogP contribution in [0.2, 0.25) is 10.0 Å². The normalized spacial score (nSPS) is 20.1. The largest absolute Gasteiger partial charge is 0.310 e. The lowest BCUT2D eigenvalue weighted by molar-refractivity contribution is 0.559. The molecule has 0 amide bonds. The summed E-state index contributed by atoms with van der Waals surface area (Å²) in [5, 5.41) is 3.95. The zero-order chi connectivity index (χ0) is 10.1. The molecular formula is C10H11Cl3FN. The van der Waals surface area contributed by atoms with Gasteiger partial charge in [-0.1, -0.05) is 23.2 Å². The lowest BCUT2D eigenvalue weighted by atomic mass is 10.0. The Morgan fingerprint density at radius 1 is 1.33 bits per heavy atom. The Kier molecular flexibility index (Phi) is 4.65. The van der Waals surface area contributed by atoms with E-state index in [1.165, 1.54) is 12.1 Å². The zero-order valence-electron chi connectivity index (χ0n) is 7.90. The van der Waals surface area contributed by atoms with Crippen LogP contribution in [0.1, 0.15) is 24.4 Å². The number of hydrogen-bond donors (Lipinski definition) is 1. The molecule has 1 atom stereocenters. The van der Waals surface area contributed by atoms with Gasteiger partial charge in [0, 0.05) is 11.6 Å². The van der Waals surface area contributed by atoms with E-state index in [2.05, 4.69) is 5.32 Å². The van der Waals surface area contributed by atoms with E-state index >= 15 is 0 Å². The van der Waals surface area contributed by atoms with Crippen molar-refractivity contribution in [3.8, 4) is 0 Å². The quantitative estimate of drug-likeness (QED) is 0.761. The first-order valence-corrected chi connectivity index (χ1v) is 5.32.